The number of hydrogen-bond acceptors (Lipinski definition) is 4. The number of hydrogen-bond donors (Lipinski definition) is 1. The zero-order valence-corrected chi connectivity index (χ0v) is 8.91. The van der Waals surface area contributed by atoms with Gasteiger partial charge >= 0.3 is 5.97 Å². The quantitative estimate of drug-likeness (QED) is 0.638. The second-order valence-corrected chi connectivity index (χ2v) is 3.71. The van der Waals surface area contributed by atoms with Crippen molar-refractivity contribution in [1.29, 1.82) is 0 Å². The third kappa shape index (κ3) is 3.64. The Hall–Kier alpha value is -0.610. The van der Waals surface area contributed by atoms with Crippen molar-refractivity contribution in [2.45, 2.75) is 25.4 Å². The molecule has 0 aromatic rings. The molecular weight excluding hydrogens is 182 g/mol. The molecule has 1 aliphatic carbocycles. The van der Waals surface area contributed by atoms with Crippen LogP contribution in [0.1, 0.15) is 19.3 Å². The lowest BCUT2D eigenvalue weighted by Crippen LogP contribution is -2.37. The van der Waals surface area contributed by atoms with Gasteiger partial charge in [-0.05, 0) is 32.4 Å². The largest absolute Gasteiger partial charge is 0.469 e. The van der Waals surface area contributed by atoms with E-state index in [-0.39, 0.29) is 5.97 Å². The predicted molar refractivity (Wildman–Crippen MR) is 53.0 cm³/mol. The highest BCUT2D eigenvalue weighted by Gasteiger charge is 2.28. The molecule has 0 amide bonds. The van der Waals surface area contributed by atoms with E-state index in [2.05, 4.69) is 10.1 Å². The van der Waals surface area contributed by atoms with E-state index in [0.29, 0.717) is 19.1 Å². The van der Waals surface area contributed by atoms with Gasteiger partial charge in [-0.3, -0.25) is 4.79 Å². The highest BCUT2D eigenvalue weighted by molar-refractivity contribution is 5.69. The van der Waals surface area contributed by atoms with E-state index in [0.717, 1.165) is 25.3 Å². The van der Waals surface area contributed by atoms with Gasteiger partial charge in [0, 0.05) is 0 Å². The highest BCUT2D eigenvalue weighted by atomic mass is 16.5. The lowest BCUT2D eigenvalue weighted by atomic mass is 9.82. The van der Waals surface area contributed by atoms with Gasteiger partial charge in [0.05, 0.1) is 26.2 Å². The number of esters is 1. The van der Waals surface area contributed by atoms with Crippen molar-refractivity contribution in [3.05, 3.63) is 0 Å². The van der Waals surface area contributed by atoms with Crippen molar-refractivity contribution in [3.8, 4) is 0 Å². The van der Waals surface area contributed by atoms with Gasteiger partial charge in [0.15, 0.2) is 0 Å². The summed E-state index contributed by atoms with van der Waals surface area (Å²) in [5.74, 6) is 0.555. The van der Waals surface area contributed by atoms with Crippen molar-refractivity contribution in [2.75, 3.05) is 27.3 Å². The van der Waals surface area contributed by atoms with Crippen molar-refractivity contribution in [3.63, 3.8) is 0 Å². The lowest BCUT2D eigenvalue weighted by molar-refractivity contribution is -0.143. The maximum Gasteiger partial charge on any atom is 0.307 e. The topological polar surface area (TPSA) is 47.6 Å². The van der Waals surface area contributed by atoms with E-state index >= 15 is 0 Å². The molecule has 14 heavy (non-hydrogen) atoms. The monoisotopic (exact) mass is 201 g/mol. The zero-order valence-electron chi connectivity index (χ0n) is 8.91. The molecule has 0 unspecified atom stereocenters. The Labute approximate surface area is 85.0 Å². The minimum atomic E-state index is -0.198. The van der Waals surface area contributed by atoms with Gasteiger partial charge in [-0.1, -0.05) is 0 Å². The van der Waals surface area contributed by atoms with Gasteiger partial charge in [-0.2, -0.15) is 0 Å². The minimum Gasteiger partial charge on any atom is -0.469 e. The Bertz CT molecular complexity index is 178. The number of carbonyl (C=O) groups is 1. The van der Waals surface area contributed by atoms with Gasteiger partial charge < -0.3 is 14.8 Å². The molecule has 1 fully saturated rings. The van der Waals surface area contributed by atoms with Crippen LogP contribution in [0.15, 0.2) is 0 Å². The maximum atomic E-state index is 10.8. The van der Waals surface area contributed by atoms with Crippen molar-refractivity contribution >= 4 is 5.97 Å². The third-order valence-corrected chi connectivity index (χ3v) is 2.57. The first kappa shape index (κ1) is 11.5. The van der Waals surface area contributed by atoms with E-state index in [1.165, 1.54) is 7.11 Å². The first-order valence-corrected chi connectivity index (χ1v) is 5.09. The molecule has 4 nitrogen and oxygen atoms in total. The molecule has 1 saturated carbocycles. The number of rotatable bonds is 6. The summed E-state index contributed by atoms with van der Waals surface area (Å²) in [5.41, 5.74) is 0. The van der Waals surface area contributed by atoms with Crippen LogP contribution in [0.3, 0.4) is 0 Å². The normalized spacial score (nSPS) is 25.6. The Kier molecular flexibility index (Phi) is 4.90. The number of nitrogens with one attached hydrogen (secondary N) is 1. The Morgan fingerprint density at radius 2 is 2.21 bits per heavy atom. The highest BCUT2D eigenvalue weighted by Crippen LogP contribution is 2.29. The summed E-state index contributed by atoms with van der Waals surface area (Å²) in [6, 6.07) is 0. The van der Waals surface area contributed by atoms with Crippen LogP contribution in [0.5, 0.6) is 0 Å². The number of carbonyl (C=O) groups excluding carboxylic acids is 1. The molecule has 0 heterocycles. The fourth-order valence-electron chi connectivity index (χ4n) is 1.68. The molecule has 1 N–H and O–H groups in total. The van der Waals surface area contributed by atoms with Crippen molar-refractivity contribution in [2.24, 2.45) is 5.92 Å². The van der Waals surface area contributed by atoms with Crippen LogP contribution < -0.4 is 5.32 Å². The molecule has 4 heteroatoms. The Morgan fingerprint density at radius 1 is 1.50 bits per heavy atom. The first-order valence-electron chi connectivity index (χ1n) is 5.09. The molecule has 0 aromatic carbocycles. The minimum absolute atomic E-state index is 0.198. The predicted octanol–water partition coefficient (Wildman–Crippen LogP) is 0.564. The first-order chi connectivity index (χ1) is 6.76. The second kappa shape index (κ2) is 5.98. The van der Waals surface area contributed by atoms with Crippen molar-refractivity contribution in [1.82, 2.24) is 5.32 Å². The molecule has 1 aliphatic rings. The van der Waals surface area contributed by atoms with E-state index < -0.39 is 0 Å². The summed E-state index contributed by atoms with van der Waals surface area (Å²) in [5, 5.41) is 3.14. The van der Waals surface area contributed by atoms with E-state index in [1.54, 1.807) is 0 Å². The smallest absolute Gasteiger partial charge is 0.307 e. The van der Waals surface area contributed by atoms with Crippen LogP contribution in [-0.4, -0.2) is 39.4 Å². The summed E-state index contributed by atoms with van der Waals surface area (Å²) in [4.78, 5) is 10.8. The summed E-state index contributed by atoms with van der Waals surface area (Å²) >= 11 is 0. The van der Waals surface area contributed by atoms with Gasteiger partial charge in [0.25, 0.3) is 0 Å². The van der Waals surface area contributed by atoms with Gasteiger partial charge in [-0.15, -0.1) is 0 Å². The van der Waals surface area contributed by atoms with E-state index in [1.807, 2.05) is 7.05 Å². The molecule has 0 bridgehead atoms. The van der Waals surface area contributed by atoms with Gasteiger partial charge in [0.2, 0.25) is 0 Å². The average Bonchev–Trinajstić information content (AvgIpc) is 2.13. The summed E-state index contributed by atoms with van der Waals surface area (Å²) in [7, 11) is 3.36. The molecule has 82 valence electrons. The van der Waals surface area contributed by atoms with Gasteiger partial charge in [0.1, 0.15) is 0 Å². The van der Waals surface area contributed by atoms with Crippen LogP contribution >= 0.6 is 0 Å². The molecule has 0 atom stereocenters. The van der Waals surface area contributed by atoms with E-state index in [9.17, 15) is 4.79 Å². The van der Waals surface area contributed by atoms with Gasteiger partial charge in [-0.25, -0.2) is 0 Å². The summed E-state index contributed by atoms with van der Waals surface area (Å²) < 4.78 is 10.0. The van der Waals surface area contributed by atoms with Crippen LogP contribution in [0.2, 0.25) is 0 Å². The van der Waals surface area contributed by atoms with Crippen molar-refractivity contribution < 1.29 is 14.3 Å². The zero-order chi connectivity index (χ0) is 10.4. The number of methoxy groups -OCH3 is 1. The molecule has 1 rings (SSSR count). The SMILES string of the molecule is CNCC1CC(OCCC(=O)OC)C1. The molecule has 0 aromatic heterocycles. The van der Waals surface area contributed by atoms with Crippen LogP contribution in [0, 0.1) is 5.92 Å². The average molecular weight is 201 g/mol. The Balaban J connectivity index is 1.93. The molecule has 0 spiro atoms. The number of ether oxygens (including phenoxy) is 2. The molecule has 0 aliphatic heterocycles. The maximum absolute atomic E-state index is 10.8. The molecule has 0 radical (unpaired) electrons. The fraction of sp³-hybridized carbons (Fsp3) is 0.900. The fourth-order valence-corrected chi connectivity index (χ4v) is 1.68. The van der Waals surface area contributed by atoms with Crippen LogP contribution in [-0.2, 0) is 14.3 Å². The summed E-state index contributed by atoms with van der Waals surface area (Å²) in [6.45, 7) is 1.56. The standard InChI is InChI=1S/C10H19NO3/c1-11-7-8-5-9(6-8)14-4-3-10(12)13-2/h8-9,11H,3-7H2,1-2H3. The Morgan fingerprint density at radius 3 is 2.79 bits per heavy atom. The lowest BCUT2D eigenvalue weighted by Gasteiger charge is -2.34. The molecule has 0 saturated heterocycles. The molecular formula is C10H19NO3. The van der Waals surface area contributed by atoms with Crippen LogP contribution in [0.25, 0.3) is 0 Å². The summed E-state index contributed by atoms with van der Waals surface area (Å²) in [6.07, 6.45) is 2.95. The van der Waals surface area contributed by atoms with Crippen LogP contribution in [0.4, 0.5) is 0 Å². The third-order valence-electron chi connectivity index (χ3n) is 2.57. The second-order valence-electron chi connectivity index (χ2n) is 3.71. The van der Waals surface area contributed by atoms with E-state index in [4.69, 9.17) is 4.74 Å².